The molecule has 4 unspecified atom stereocenters. The Kier molecular flexibility index (Phi) is 2.61. The molecule has 3 heteroatoms. The Morgan fingerprint density at radius 1 is 1.16 bits per heavy atom. The maximum Gasteiger partial charge on any atom is 0.0583 e. The zero-order chi connectivity index (χ0) is 13.0. The molecule has 0 radical (unpaired) electrons. The van der Waals surface area contributed by atoms with Crippen LogP contribution >= 0.6 is 0 Å². The molecule has 3 N–H and O–H groups in total. The molecule has 0 aromatic heterocycles. The van der Waals surface area contributed by atoms with Crippen molar-refractivity contribution < 1.29 is 5.11 Å². The molecule has 102 valence electrons. The summed E-state index contributed by atoms with van der Waals surface area (Å²) in [6, 6.07) is 6.95. The van der Waals surface area contributed by atoms with E-state index >= 15 is 0 Å². The number of aliphatic hydroxyl groups excluding tert-OH is 1. The topological polar surface area (TPSA) is 49.5 Å². The summed E-state index contributed by atoms with van der Waals surface area (Å²) in [6.07, 6.45) is 4.54. The van der Waals surface area contributed by atoms with Crippen LogP contribution in [0.3, 0.4) is 0 Å². The van der Waals surface area contributed by atoms with Crippen LogP contribution in [0.4, 0.5) is 5.69 Å². The monoisotopic (exact) mass is 258 g/mol. The fourth-order valence-corrected chi connectivity index (χ4v) is 4.52. The van der Waals surface area contributed by atoms with Gasteiger partial charge in [0.2, 0.25) is 0 Å². The maximum absolute atomic E-state index is 10.0. The molecule has 2 fully saturated rings. The number of benzene rings is 1. The number of aryl methyl sites for hydroxylation is 1. The van der Waals surface area contributed by atoms with E-state index in [1.54, 1.807) is 0 Å². The molecule has 1 aromatic rings. The summed E-state index contributed by atoms with van der Waals surface area (Å²) in [4.78, 5) is 2.61. The molecule has 4 atom stereocenters. The molecule has 1 aromatic carbocycles. The number of likely N-dealkylation sites (tertiary alicyclic amines) is 1. The molecular weight excluding hydrogens is 236 g/mol. The van der Waals surface area contributed by atoms with E-state index in [2.05, 4.69) is 17.0 Å². The van der Waals surface area contributed by atoms with Gasteiger partial charge in [0.25, 0.3) is 0 Å². The molecule has 1 heterocycles. The van der Waals surface area contributed by atoms with E-state index in [-0.39, 0.29) is 6.10 Å². The van der Waals surface area contributed by atoms with Crippen molar-refractivity contribution in [1.82, 2.24) is 4.90 Å². The number of hydrogen-bond acceptors (Lipinski definition) is 3. The van der Waals surface area contributed by atoms with Crippen LogP contribution in [0.5, 0.6) is 0 Å². The van der Waals surface area contributed by atoms with Gasteiger partial charge in [0.1, 0.15) is 0 Å². The summed E-state index contributed by atoms with van der Waals surface area (Å²) < 4.78 is 0. The number of fused-ring (bicyclic) bond motifs is 2. The summed E-state index contributed by atoms with van der Waals surface area (Å²) in [5.74, 6) is 1.26. The Morgan fingerprint density at radius 2 is 2.05 bits per heavy atom. The minimum absolute atomic E-state index is 0.0534. The summed E-state index contributed by atoms with van der Waals surface area (Å²) >= 11 is 0. The number of nitrogens with zero attached hydrogens (tertiary/aromatic N) is 1. The van der Waals surface area contributed by atoms with Gasteiger partial charge in [0.05, 0.1) is 6.10 Å². The van der Waals surface area contributed by atoms with Gasteiger partial charge >= 0.3 is 0 Å². The van der Waals surface area contributed by atoms with E-state index in [1.807, 2.05) is 6.07 Å². The highest BCUT2D eigenvalue weighted by molar-refractivity contribution is 5.47. The molecule has 2 aliphatic carbocycles. The SMILES string of the molecule is Nc1ccc2c(c1)CCC2N1CC2CCC(O)C2C1. The Hall–Kier alpha value is -1.06. The molecule has 3 nitrogen and oxygen atoms in total. The van der Waals surface area contributed by atoms with Crippen LogP contribution in [0, 0.1) is 11.8 Å². The third kappa shape index (κ3) is 1.79. The zero-order valence-corrected chi connectivity index (χ0v) is 11.3. The summed E-state index contributed by atoms with van der Waals surface area (Å²) in [5, 5.41) is 10.0. The van der Waals surface area contributed by atoms with Gasteiger partial charge in [-0.25, -0.2) is 0 Å². The first-order valence-corrected chi connectivity index (χ1v) is 7.53. The van der Waals surface area contributed by atoms with Gasteiger partial charge in [-0.05, 0) is 54.9 Å². The summed E-state index contributed by atoms with van der Waals surface area (Å²) in [6.45, 7) is 2.26. The van der Waals surface area contributed by atoms with E-state index in [0.717, 1.165) is 31.0 Å². The van der Waals surface area contributed by atoms with Gasteiger partial charge in [-0.2, -0.15) is 0 Å². The molecule has 0 spiro atoms. The molecule has 1 saturated carbocycles. The molecule has 1 aliphatic heterocycles. The highest BCUT2D eigenvalue weighted by Gasteiger charge is 2.44. The van der Waals surface area contributed by atoms with Crippen LogP contribution in [0.2, 0.25) is 0 Å². The fraction of sp³-hybridized carbons (Fsp3) is 0.625. The number of aliphatic hydroxyl groups is 1. The van der Waals surface area contributed by atoms with Crippen molar-refractivity contribution >= 4 is 5.69 Å². The molecule has 1 saturated heterocycles. The van der Waals surface area contributed by atoms with Crippen molar-refractivity contribution in [3.63, 3.8) is 0 Å². The van der Waals surface area contributed by atoms with Gasteiger partial charge in [0, 0.05) is 30.7 Å². The third-order valence-corrected chi connectivity index (χ3v) is 5.50. The third-order valence-electron chi connectivity index (χ3n) is 5.50. The van der Waals surface area contributed by atoms with Gasteiger partial charge in [-0.15, -0.1) is 0 Å². The number of rotatable bonds is 1. The van der Waals surface area contributed by atoms with Crippen molar-refractivity contribution in [2.24, 2.45) is 11.8 Å². The molecule has 3 aliphatic rings. The molecule has 0 bridgehead atoms. The smallest absolute Gasteiger partial charge is 0.0583 e. The average molecular weight is 258 g/mol. The number of anilines is 1. The Balaban J connectivity index is 1.57. The standard InChI is InChI=1S/C16H22N2O/c17-12-3-4-13-10(7-12)1-5-15(13)18-8-11-2-6-16(19)14(11)9-18/h3-4,7,11,14-16,19H,1-2,5-6,8-9,17H2. The molecule has 0 amide bonds. The van der Waals surface area contributed by atoms with Gasteiger partial charge in [-0.3, -0.25) is 4.90 Å². The number of nitrogens with two attached hydrogens (primary N) is 1. The van der Waals surface area contributed by atoms with E-state index in [4.69, 9.17) is 5.73 Å². The van der Waals surface area contributed by atoms with Crippen molar-refractivity contribution in [2.45, 2.75) is 37.8 Å². The summed E-state index contributed by atoms with van der Waals surface area (Å²) in [5.41, 5.74) is 9.67. The lowest BCUT2D eigenvalue weighted by atomic mass is 10.00. The Labute approximate surface area is 114 Å². The largest absolute Gasteiger partial charge is 0.399 e. The Bertz CT molecular complexity index is 502. The first-order valence-electron chi connectivity index (χ1n) is 7.53. The first-order chi connectivity index (χ1) is 9.22. The quantitative estimate of drug-likeness (QED) is 0.757. The lowest BCUT2D eigenvalue weighted by Gasteiger charge is -2.26. The lowest BCUT2D eigenvalue weighted by molar-refractivity contribution is 0.118. The second-order valence-corrected chi connectivity index (χ2v) is 6.54. The van der Waals surface area contributed by atoms with Crippen LogP contribution in [-0.2, 0) is 6.42 Å². The second-order valence-electron chi connectivity index (χ2n) is 6.54. The maximum atomic E-state index is 10.0. The molecular formula is C16H22N2O. The van der Waals surface area contributed by atoms with Gasteiger partial charge in [0.15, 0.2) is 0 Å². The van der Waals surface area contributed by atoms with E-state index in [0.29, 0.717) is 12.0 Å². The minimum Gasteiger partial charge on any atom is -0.399 e. The first kappa shape index (κ1) is 11.7. The highest BCUT2D eigenvalue weighted by atomic mass is 16.3. The van der Waals surface area contributed by atoms with Crippen LogP contribution in [-0.4, -0.2) is 29.2 Å². The van der Waals surface area contributed by atoms with Crippen LogP contribution in [0.1, 0.15) is 36.4 Å². The van der Waals surface area contributed by atoms with Crippen molar-refractivity contribution in [1.29, 1.82) is 0 Å². The summed E-state index contributed by atoms with van der Waals surface area (Å²) in [7, 11) is 0. The van der Waals surface area contributed by atoms with E-state index < -0.39 is 0 Å². The zero-order valence-electron chi connectivity index (χ0n) is 11.3. The van der Waals surface area contributed by atoms with Crippen LogP contribution in [0.15, 0.2) is 18.2 Å². The van der Waals surface area contributed by atoms with Crippen molar-refractivity contribution in [2.75, 3.05) is 18.8 Å². The minimum atomic E-state index is -0.0534. The van der Waals surface area contributed by atoms with Crippen molar-refractivity contribution in [3.8, 4) is 0 Å². The van der Waals surface area contributed by atoms with Gasteiger partial charge in [-0.1, -0.05) is 6.07 Å². The Morgan fingerprint density at radius 3 is 2.89 bits per heavy atom. The lowest BCUT2D eigenvalue weighted by Crippen LogP contribution is -2.28. The van der Waals surface area contributed by atoms with Crippen LogP contribution in [0.25, 0.3) is 0 Å². The second kappa shape index (κ2) is 4.22. The fourth-order valence-electron chi connectivity index (χ4n) is 4.52. The van der Waals surface area contributed by atoms with Gasteiger partial charge < -0.3 is 10.8 Å². The molecule has 19 heavy (non-hydrogen) atoms. The number of hydrogen-bond donors (Lipinski definition) is 2. The van der Waals surface area contributed by atoms with E-state index in [1.165, 1.54) is 30.5 Å². The van der Waals surface area contributed by atoms with Crippen LogP contribution < -0.4 is 5.73 Å². The normalized spacial score (nSPS) is 37.5. The predicted octanol–water partition coefficient (Wildman–Crippen LogP) is 1.96. The van der Waals surface area contributed by atoms with Crippen molar-refractivity contribution in [3.05, 3.63) is 29.3 Å². The predicted molar refractivity (Wildman–Crippen MR) is 75.7 cm³/mol. The van der Waals surface area contributed by atoms with E-state index in [9.17, 15) is 5.11 Å². The average Bonchev–Trinajstić information content (AvgIpc) is 3.04. The molecule has 4 rings (SSSR count). The highest BCUT2D eigenvalue weighted by Crippen LogP contribution is 2.44. The number of nitrogen functional groups attached to an aromatic ring is 1.